The average molecular weight is 374 g/mol. The molecule has 0 radical (unpaired) electrons. The van der Waals surface area contributed by atoms with Crippen molar-refractivity contribution in [2.24, 2.45) is 0 Å². The van der Waals surface area contributed by atoms with Crippen molar-refractivity contribution in [3.63, 3.8) is 0 Å². The van der Waals surface area contributed by atoms with Crippen LogP contribution in [0.4, 0.5) is 0 Å². The number of methoxy groups -OCH3 is 1. The number of nitrogens with one attached hydrogen (secondary N) is 2. The van der Waals surface area contributed by atoms with E-state index in [-0.39, 0.29) is 16.8 Å². The summed E-state index contributed by atoms with van der Waals surface area (Å²) in [5, 5.41) is 2.88. The minimum atomic E-state index is -3.60. The number of hydrogen-bond donors (Lipinski definition) is 2. The van der Waals surface area contributed by atoms with E-state index in [1.165, 1.54) is 24.3 Å². The second-order valence-corrected chi connectivity index (χ2v) is 8.03. The molecule has 0 atom stereocenters. The van der Waals surface area contributed by atoms with Crippen molar-refractivity contribution >= 4 is 15.9 Å². The van der Waals surface area contributed by atoms with Gasteiger partial charge in [-0.2, -0.15) is 0 Å². The summed E-state index contributed by atoms with van der Waals surface area (Å²) >= 11 is 0. The Morgan fingerprint density at radius 2 is 1.73 bits per heavy atom. The number of carbonyl (C=O) groups excluding carboxylic acids is 1. The fourth-order valence-electron chi connectivity index (χ4n) is 2.49. The summed E-state index contributed by atoms with van der Waals surface area (Å²) in [6, 6.07) is 13.7. The molecule has 0 spiro atoms. The van der Waals surface area contributed by atoms with Crippen LogP contribution in [0.1, 0.15) is 28.8 Å². The molecule has 1 aliphatic rings. The molecule has 0 heterocycles. The summed E-state index contributed by atoms with van der Waals surface area (Å²) in [6.07, 6.45) is 2.59. The zero-order chi connectivity index (χ0) is 18.6. The van der Waals surface area contributed by atoms with Crippen LogP contribution in [0, 0.1) is 0 Å². The molecule has 0 aliphatic heterocycles. The monoisotopic (exact) mass is 374 g/mol. The quantitative estimate of drug-likeness (QED) is 0.741. The van der Waals surface area contributed by atoms with Crippen LogP contribution in [0.2, 0.25) is 0 Å². The number of amides is 1. The topological polar surface area (TPSA) is 84.5 Å². The number of ether oxygens (including phenoxy) is 1. The van der Waals surface area contributed by atoms with Crippen molar-refractivity contribution in [2.75, 3.05) is 13.7 Å². The Hall–Kier alpha value is -2.38. The zero-order valence-electron chi connectivity index (χ0n) is 14.6. The van der Waals surface area contributed by atoms with Gasteiger partial charge in [0.05, 0.1) is 12.0 Å². The van der Waals surface area contributed by atoms with Gasteiger partial charge in [-0.3, -0.25) is 4.79 Å². The first kappa shape index (κ1) is 18.4. The van der Waals surface area contributed by atoms with Crippen molar-refractivity contribution in [3.05, 3.63) is 59.7 Å². The number of rotatable bonds is 8. The van der Waals surface area contributed by atoms with Crippen molar-refractivity contribution in [3.8, 4) is 5.75 Å². The smallest absolute Gasteiger partial charge is 0.251 e. The Morgan fingerprint density at radius 3 is 2.31 bits per heavy atom. The van der Waals surface area contributed by atoms with Crippen molar-refractivity contribution in [1.82, 2.24) is 10.0 Å². The van der Waals surface area contributed by atoms with Crippen LogP contribution >= 0.6 is 0 Å². The lowest BCUT2D eigenvalue weighted by Crippen LogP contribution is -2.27. The van der Waals surface area contributed by atoms with E-state index in [2.05, 4.69) is 10.0 Å². The molecule has 0 unspecified atom stereocenters. The van der Waals surface area contributed by atoms with Gasteiger partial charge < -0.3 is 10.1 Å². The van der Waals surface area contributed by atoms with Crippen molar-refractivity contribution < 1.29 is 17.9 Å². The van der Waals surface area contributed by atoms with Crippen LogP contribution in [0.25, 0.3) is 0 Å². The standard InChI is InChI=1S/C19H22N2O4S/c1-25-17-8-2-14(3-9-17)12-13-20-26(23,24)18-10-4-15(5-11-18)19(22)21-16-6-7-16/h2-5,8-11,16,20H,6-7,12-13H2,1H3,(H,21,22). The lowest BCUT2D eigenvalue weighted by molar-refractivity contribution is 0.0951. The van der Waals surface area contributed by atoms with Crippen LogP contribution in [0.15, 0.2) is 53.4 Å². The third-order valence-corrected chi connectivity index (χ3v) is 5.68. The van der Waals surface area contributed by atoms with Gasteiger partial charge >= 0.3 is 0 Å². The molecule has 3 rings (SSSR count). The van der Waals surface area contributed by atoms with Gasteiger partial charge in [0.15, 0.2) is 0 Å². The van der Waals surface area contributed by atoms with Gasteiger partial charge in [0.25, 0.3) is 5.91 Å². The highest BCUT2D eigenvalue weighted by Gasteiger charge is 2.24. The third kappa shape index (κ3) is 4.83. The van der Waals surface area contributed by atoms with Gasteiger partial charge in [0.2, 0.25) is 10.0 Å². The molecule has 26 heavy (non-hydrogen) atoms. The van der Waals surface area contributed by atoms with Crippen LogP contribution in [-0.4, -0.2) is 34.0 Å². The molecule has 1 aliphatic carbocycles. The lowest BCUT2D eigenvalue weighted by Gasteiger charge is -2.08. The number of sulfonamides is 1. The second kappa shape index (κ2) is 7.88. The Balaban J connectivity index is 1.55. The van der Waals surface area contributed by atoms with Gasteiger partial charge in [-0.25, -0.2) is 13.1 Å². The maximum Gasteiger partial charge on any atom is 0.251 e. The van der Waals surface area contributed by atoms with Crippen molar-refractivity contribution in [1.29, 1.82) is 0 Å². The maximum atomic E-state index is 12.4. The summed E-state index contributed by atoms with van der Waals surface area (Å²) in [6.45, 7) is 0.290. The van der Waals surface area contributed by atoms with E-state index in [9.17, 15) is 13.2 Å². The predicted molar refractivity (Wildman–Crippen MR) is 98.8 cm³/mol. The number of benzene rings is 2. The van der Waals surface area contributed by atoms with Gasteiger partial charge in [-0.05, 0) is 61.2 Å². The highest BCUT2D eigenvalue weighted by atomic mass is 32.2. The first-order valence-electron chi connectivity index (χ1n) is 8.51. The van der Waals surface area contributed by atoms with Gasteiger partial charge in [0.1, 0.15) is 5.75 Å². The summed E-state index contributed by atoms with van der Waals surface area (Å²) in [4.78, 5) is 12.1. The first-order valence-corrected chi connectivity index (χ1v) is 10.00. The van der Waals surface area contributed by atoms with E-state index in [1.807, 2.05) is 24.3 Å². The molecule has 1 fully saturated rings. The first-order chi connectivity index (χ1) is 12.5. The molecule has 0 bridgehead atoms. The van der Waals surface area contributed by atoms with Gasteiger partial charge in [0, 0.05) is 18.2 Å². The van der Waals surface area contributed by atoms with E-state index >= 15 is 0 Å². The zero-order valence-corrected chi connectivity index (χ0v) is 15.4. The Labute approximate surface area is 153 Å². The third-order valence-electron chi connectivity index (χ3n) is 4.20. The fraction of sp³-hybridized carbons (Fsp3) is 0.316. The molecule has 2 aromatic rings. The van der Waals surface area contributed by atoms with Gasteiger partial charge in [-0.15, -0.1) is 0 Å². The van der Waals surface area contributed by atoms with E-state index in [4.69, 9.17) is 4.74 Å². The molecule has 0 aromatic heterocycles. The molecule has 138 valence electrons. The van der Waals surface area contributed by atoms with E-state index < -0.39 is 10.0 Å². The van der Waals surface area contributed by atoms with Crippen LogP contribution < -0.4 is 14.8 Å². The molecular weight excluding hydrogens is 352 g/mol. The number of carbonyl (C=O) groups is 1. The molecule has 2 aromatic carbocycles. The Morgan fingerprint density at radius 1 is 1.08 bits per heavy atom. The maximum absolute atomic E-state index is 12.4. The minimum Gasteiger partial charge on any atom is -0.497 e. The molecule has 2 N–H and O–H groups in total. The fourth-order valence-corrected chi connectivity index (χ4v) is 3.52. The molecular formula is C19H22N2O4S. The molecule has 1 amide bonds. The predicted octanol–water partition coefficient (Wildman–Crippen LogP) is 2.11. The van der Waals surface area contributed by atoms with Gasteiger partial charge in [-0.1, -0.05) is 12.1 Å². The molecule has 1 saturated carbocycles. The summed E-state index contributed by atoms with van der Waals surface area (Å²) in [5.41, 5.74) is 1.48. The van der Waals surface area contributed by atoms with E-state index in [1.54, 1.807) is 7.11 Å². The normalized spacial score (nSPS) is 14.0. The van der Waals surface area contributed by atoms with Crippen molar-refractivity contribution in [2.45, 2.75) is 30.2 Å². The van der Waals surface area contributed by atoms with Crippen LogP contribution in [0.3, 0.4) is 0 Å². The Kier molecular flexibility index (Phi) is 5.58. The summed E-state index contributed by atoms with van der Waals surface area (Å²) in [5.74, 6) is 0.601. The SMILES string of the molecule is COc1ccc(CCNS(=O)(=O)c2ccc(C(=O)NC3CC3)cc2)cc1. The lowest BCUT2D eigenvalue weighted by atomic mass is 10.1. The highest BCUT2D eigenvalue weighted by Crippen LogP contribution is 2.19. The molecule has 7 heteroatoms. The second-order valence-electron chi connectivity index (χ2n) is 6.27. The average Bonchev–Trinajstić information content (AvgIpc) is 3.46. The molecule has 6 nitrogen and oxygen atoms in total. The minimum absolute atomic E-state index is 0.148. The summed E-state index contributed by atoms with van der Waals surface area (Å²) in [7, 11) is -2.00. The van der Waals surface area contributed by atoms with E-state index in [0.29, 0.717) is 18.5 Å². The van der Waals surface area contributed by atoms with E-state index in [0.717, 1.165) is 24.2 Å². The van der Waals surface area contributed by atoms with Crippen LogP contribution in [0.5, 0.6) is 5.75 Å². The number of hydrogen-bond acceptors (Lipinski definition) is 4. The molecule has 0 saturated heterocycles. The summed E-state index contributed by atoms with van der Waals surface area (Å²) < 4.78 is 32.4. The Bertz CT molecular complexity index is 857. The van der Waals surface area contributed by atoms with Crippen LogP contribution in [-0.2, 0) is 16.4 Å². The highest BCUT2D eigenvalue weighted by molar-refractivity contribution is 7.89. The largest absolute Gasteiger partial charge is 0.497 e.